The Morgan fingerprint density at radius 1 is 1.12 bits per heavy atom. The maximum absolute atomic E-state index is 6.19. The van der Waals surface area contributed by atoms with Crippen LogP contribution in [0, 0.1) is 6.92 Å². The first-order valence-corrected chi connectivity index (χ1v) is 5.83. The molecule has 0 aliphatic carbocycles. The van der Waals surface area contributed by atoms with Gasteiger partial charge in [0, 0.05) is 11.4 Å². The maximum atomic E-state index is 6.19. The molecule has 0 unspecified atom stereocenters. The van der Waals surface area contributed by atoms with Crippen molar-refractivity contribution in [2.24, 2.45) is 0 Å². The fraction of sp³-hybridized carbons (Fsp3) is 0.0714. The number of benzene rings is 1. The molecule has 84 valence electrons. The number of nitrogens with one attached hydrogen (secondary N) is 1. The number of fused-ring (bicyclic) bond motifs is 1. The molecule has 17 heavy (non-hydrogen) atoms. The number of nitrogens with zero attached hydrogens (tertiary/aromatic N) is 1. The van der Waals surface area contributed by atoms with Crippen molar-refractivity contribution in [1.82, 2.24) is 9.97 Å². The average molecular weight is 243 g/mol. The van der Waals surface area contributed by atoms with E-state index in [9.17, 15) is 0 Å². The van der Waals surface area contributed by atoms with Gasteiger partial charge in [-0.1, -0.05) is 41.9 Å². The van der Waals surface area contributed by atoms with Crippen molar-refractivity contribution in [2.75, 3.05) is 0 Å². The first-order chi connectivity index (χ1) is 8.24. The minimum absolute atomic E-state index is 0.717. The summed E-state index contributed by atoms with van der Waals surface area (Å²) in [6.07, 6.45) is 0. The molecule has 0 bridgehead atoms. The second kappa shape index (κ2) is 3.90. The van der Waals surface area contributed by atoms with Crippen LogP contribution in [0.4, 0.5) is 0 Å². The molecule has 2 nitrogen and oxygen atoms in total. The van der Waals surface area contributed by atoms with Gasteiger partial charge < -0.3 is 4.98 Å². The molecule has 0 saturated carbocycles. The van der Waals surface area contributed by atoms with Crippen LogP contribution in [0.25, 0.3) is 22.3 Å². The number of aryl methyl sites for hydroxylation is 1. The van der Waals surface area contributed by atoms with Gasteiger partial charge in [0.05, 0.1) is 16.1 Å². The summed E-state index contributed by atoms with van der Waals surface area (Å²) in [5.41, 5.74) is 4.92. The Morgan fingerprint density at radius 2 is 1.88 bits per heavy atom. The summed E-state index contributed by atoms with van der Waals surface area (Å²) in [5, 5.41) is 0.717. The normalized spacial score (nSPS) is 10.9. The van der Waals surface area contributed by atoms with Crippen molar-refractivity contribution < 1.29 is 0 Å². The molecule has 0 amide bonds. The maximum Gasteiger partial charge on any atom is 0.0903 e. The van der Waals surface area contributed by atoms with Crippen LogP contribution < -0.4 is 0 Å². The van der Waals surface area contributed by atoms with E-state index in [1.54, 1.807) is 0 Å². The van der Waals surface area contributed by atoms with E-state index >= 15 is 0 Å². The largest absolute Gasteiger partial charge is 0.352 e. The predicted molar refractivity (Wildman–Crippen MR) is 71.3 cm³/mol. The summed E-state index contributed by atoms with van der Waals surface area (Å²) >= 11 is 6.19. The highest BCUT2D eigenvalue weighted by atomic mass is 35.5. The lowest BCUT2D eigenvalue weighted by Gasteiger charge is -1.96. The van der Waals surface area contributed by atoms with Crippen molar-refractivity contribution in [3.05, 3.63) is 53.2 Å². The molecule has 0 saturated heterocycles. The van der Waals surface area contributed by atoms with Crippen LogP contribution in [0.3, 0.4) is 0 Å². The number of rotatable bonds is 1. The highest BCUT2D eigenvalue weighted by Crippen LogP contribution is 2.27. The van der Waals surface area contributed by atoms with E-state index < -0.39 is 0 Å². The Balaban J connectivity index is 2.24. The fourth-order valence-corrected chi connectivity index (χ4v) is 2.27. The summed E-state index contributed by atoms with van der Waals surface area (Å²) in [6.45, 7) is 1.94. The van der Waals surface area contributed by atoms with Gasteiger partial charge in [-0.15, -0.1) is 0 Å². The highest BCUT2D eigenvalue weighted by molar-refractivity contribution is 6.35. The molecule has 2 heterocycles. The second-order valence-corrected chi connectivity index (χ2v) is 4.46. The Hall–Kier alpha value is -1.80. The number of halogens is 1. The standard InChI is InChI=1S/C14H11ClN2/c1-9-7-11(15)14-13(16-9)8-12(17-14)10-5-3-2-4-6-10/h2-8,17H,1H3. The molecule has 3 aromatic rings. The number of hydrogen-bond acceptors (Lipinski definition) is 1. The van der Waals surface area contributed by atoms with E-state index in [1.165, 1.54) is 0 Å². The van der Waals surface area contributed by atoms with Gasteiger partial charge in [-0.2, -0.15) is 0 Å². The molecule has 3 heteroatoms. The van der Waals surface area contributed by atoms with Crippen LogP contribution in [0.15, 0.2) is 42.5 Å². The first-order valence-electron chi connectivity index (χ1n) is 5.45. The third kappa shape index (κ3) is 1.81. The fourth-order valence-electron chi connectivity index (χ4n) is 1.96. The molecule has 2 aromatic heterocycles. The van der Waals surface area contributed by atoms with Gasteiger partial charge in [-0.05, 0) is 24.6 Å². The molecular formula is C14H11ClN2. The van der Waals surface area contributed by atoms with Crippen molar-refractivity contribution in [2.45, 2.75) is 6.92 Å². The van der Waals surface area contributed by atoms with Gasteiger partial charge in [0.15, 0.2) is 0 Å². The number of aromatic amines is 1. The molecule has 1 aromatic carbocycles. The summed E-state index contributed by atoms with van der Waals surface area (Å²) in [7, 11) is 0. The van der Waals surface area contributed by atoms with Crippen LogP contribution >= 0.6 is 11.6 Å². The quantitative estimate of drug-likeness (QED) is 0.681. The van der Waals surface area contributed by atoms with E-state index in [1.807, 2.05) is 37.3 Å². The topological polar surface area (TPSA) is 28.7 Å². The summed E-state index contributed by atoms with van der Waals surface area (Å²) in [5.74, 6) is 0. The number of aromatic nitrogens is 2. The van der Waals surface area contributed by atoms with Gasteiger partial charge in [0.2, 0.25) is 0 Å². The van der Waals surface area contributed by atoms with Crippen LogP contribution in [-0.2, 0) is 0 Å². The highest BCUT2D eigenvalue weighted by Gasteiger charge is 2.07. The zero-order chi connectivity index (χ0) is 11.8. The van der Waals surface area contributed by atoms with Gasteiger partial charge in [0.25, 0.3) is 0 Å². The minimum atomic E-state index is 0.717. The van der Waals surface area contributed by atoms with Crippen LogP contribution in [0.5, 0.6) is 0 Å². The van der Waals surface area contributed by atoms with Crippen molar-refractivity contribution in [3.63, 3.8) is 0 Å². The van der Waals surface area contributed by atoms with Crippen molar-refractivity contribution >= 4 is 22.6 Å². The Labute approximate surface area is 104 Å². The van der Waals surface area contributed by atoms with Gasteiger partial charge in [-0.3, -0.25) is 4.98 Å². The number of H-pyrrole nitrogens is 1. The molecule has 0 aliphatic heterocycles. The summed E-state index contributed by atoms with van der Waals surface area (Å²) < 4.78 is 0. The van der Waals surface area contributed by atoms with Crippen molar-refractivity contribution in [3.8, 4) is 11.3 Å². The van der Waals surface area contributed by atoms with E-state index in [4.69, 9.17) is 11.6 Å². The molecule has 1 N–H and O–H groups in total. The summed E-state index contributed by atoms with van der Waals surface area (Å²) in [6, 6.07) is 14.1. The first kappa shape index (κ1) is 10.4. The Morgan fingerprint density at radius 3 is 2.65 bits per heavy atom. The van der Waals surface area contributed by atoms with Crippen molar-refractivity contribution in [1.29, 1.82) is 0 Å². The minimum Gasteiger partial charge on any atom is -0.352 e. The SMILES string of the molecule is Cc1cc(Cl)c2[nH]c(-c3ccccc3)cc2n1. The van der Waals surface area contributed by atoms with Crippen LogP contribution in [0.1, 0.15) is 5.69 Å². The Bertz CT molecular complexity index is 671. The lowest BCUT2D eigenvalue weighted by atomic mass is 10.2. The molecule has 0 aliphatic rings. The van der Waals surface area contributed by atoms with Crippen LogP contribution in [0.2, 0.25) is 5.02 Å². The summed E-state index contributed by atoms with van der Waals surface area (Å²) in [4.78, 5) is 7.78. The average Bonchev–Trinajstić information content (AvgIpc) is 2.74. The third-order valence-corrected chi connectivity index (χ3v) is 3.05. The molecule has 3 rings (SSSR count). The number of hydrogen-bond donors (Lipinski definition) is 1. The van der Waals surface area contributed by atoms with E-state index in [0.29, 0.717) is 0 Å². The molecule has 0 atom stereocenters. The zero-order valence-electron chi connectivity index (χ0n) is 9.37. The molecule has 0 spiro atoms. The molecule has 0 radical (unpaired) electrons. The number of pyridine rings is 1. The van der Waals surface area contributed by atoms with Gasteiger partial charge in [-0.25, -0.2) is 0 Å². The predicted octanol–water partition coefficient (Wildman–Crippen LogP) is 4.19. The van der Waals surface area contributed by atoms with Crippen LogP contribution in [-0.4, -0.2) is 9.97 Å². The van der Waals surface area contributed by atoms with E-state index in [2.05, 4.69) is 22.1 Å². The smallest absolute Gasteiger partial charge is 0.0903 e. The zero-order valence-corrected chi connectivity index (χ0v) is 10.1. The molecule has 0 fully saturated rings. The van der Waals surface area contributed by atoms with Gasteiger partial charge in [0.1, 0.15) is 0 Å². The molecular weight excluding hydrogens is 232 g/mol. The monoisotopic (exact) mass is 242 g/mol. The lowest BCUT2D eigenvalue weighted by molar-refractivity contribution is 1.26. The third-order valence-electron chi connectivity index (χ3n) is 2.75. The second-order valence-electron chi connectivity index (χ2n) is 4.05. The van der Waals surface area contributed by atoms with E-state index in [0.717, 1.165) is 33.0 Å². The van der Waals surface area contributed by atoms with E-state index in [-0.39, 0.29) is 0 Å². The van der Waals surface area contributed by atoms with Gasteiger partial charge >= 0.3 is 0 Å². The Kier molecular flexibility index (Phi) is 2.37. The lowest BCUT2D eigenvalue weighted by Crippen LogP contribution is -1.81.